The van der Waals surface area contributed by atoms with Gasteiger partial charge in [-0.25, -0.2) is 4.98 Å². The fourth-order valence-corrected chi connectivity index (χ4v) is 3.32. The summed E-state index contributed by atoms with van der Waals surface area (Å²) in [7, 11) is 0. The van der Waals surface area contributed by atoms with Gasteiger partial charge in [-0.05, 0) is 11.6 Å². The molecule has 2 heterocycles. The summed E-state index contributed by atoms with van der Waals surface area (Å²) in [5, 5.41) is -0.0977. The number of aromatic nitrogens is 1. The van der Waals surface area contributed by atoms with Gasteiger partial charge in [0.1, 0.15) is 5.82 Å². The van der Waals surface area contributed by atoms with E-state index in [1.54, 1.807) is 17.0 Å². The largest absolute Gasteiger partial charge is 0.455 e. The minimum Gasteiger partial charge on any atom is -0.455 e. The number of piperazine rings is 1. The molecule has 0 unspecified atom stereocenters. The van der Waals surface area contributed by atoms with E-state index in [4.69, 9.17) is 16.3 Å². The molecule has 1 fully saturated rings. The van der Waals surface area contributed by atoms with Crippen LogP contribution in [0, 0.1) is 0 Å². The number of ether oxygens (including phenoxy) is 1. The highest BCUT2D eigenvalue weighted by Crippen LogP contribution is 2.33. The van der Waals surface area contributed by atoms with Crippen LogP contribution in [0.5, 0.6) is 0 Å². The van der Waals surface area contributed by atoms with Crippen LogP contribution in [0.4, 0.5) is 19.0 Å². The molecule has 0 radical (unpaired) electrons. The van der Waals surface area contributed by atoms with Crippen molar-refractivity contribution in [3.8, 4) is 0 Å². The Morgan fingerprint density at radius 3 is 2.37 bits per heavy atom. The number of halogens is 4. The molecule has 1 aliphatic heterocycles. The second-order valence-electron chi connectivity index (χ2n) is 6.72. The number of hydrogen-bond acceptors (Lipinski definition) is 5. The lowest BCUT2D eigenvalue weighted by atomic mass is 10.2. The average Bonchev–Trinajstić information content (AvgIpc) is 2.72. The van der Waals surface area contributed by atoms with Gasteiger partial charge in [0.25, 0.3) is 5.91 Å². The van der Waals surface area contributed by atoms with Crippen molar-refractivity contribution in [3.05, 3.63) is 58.7 Å². The van der Waals surface area contributed by atoms with Crippen molar-refractivity contribution in [2.75, 3.05) is 37.7 Å². The van der Waals surface area contributed by atoms with Gasteiger partial charge in [-0.1, -0.05) is 41.9 Å². The fraction of sp³-hybridized carbons (Fsp3) is 0.350. The second-order valence-corrected chi connectivity index (χ2v) is 7.13. The third-order valence-electron chi connectivity index (χ3n) is 4.63. The molecule has 160 valence electrons. The molecule has 0 aliphatic carbocycles. The highest BCUT2D eigenvalue weighted by Gasteiger charge is 2.32. The molecule has 1 aliphatic rings. The fourth-order valence-electron chi connectivity index (χ4n) is 3.03. The third-order valence-corrected chi connectivity index (χ3v) is 4.91. The van der Waals surface area contributed by atoms with Crippen molar-refractivity contribution in [1.82, 2.24) is 9.88 Å². The van der Waals surface area contributed by atoms with Crippen LogP contribution in [-0.4, -0.2) is 54.5 Å². The van der Waals surface area contributed by atoms with Gasteiger partial charge in [0.05, 0.1) is 17.0 Å². The summed E-state index contributed by atoms with van der Waals surface area (Å²) in [6.45, 7) is 0.969. The molecule has 1 aromatic carbocycles. The number of carbonyl (C=O) groups excluding carboxylic acids is 2. The summed E-state index contributed by atoms with van der Waals surface area (Å²) in [5.41, 5.74) is -0.119. The Labute approximate surface area is 176 Å². The number of carbonyl (C=O) groups is 2. The Morgan fingerprint density at radius 1 is 1.10 bits per heavy atom. The number of rotatable bonds is 5. The molecule has 1 aromatic heterocycles. The molecule has 30 heavy (non-hydrogen) atoms. The van der Waals surface area contributed by atoms with E-state index >= 15 is 0 Å². The van der Waals surface area contributed by atoms with E-state index < -0.39 is 17.7 Å². The Hall–Kier alpha value is -2.81. The highest BCUT2D eigenvalue weighted by molar-refractivity contribution is 6.33. The van der Waals surface area contributed by atoms with Crippen LogP contribution in [0.1, 0.15) is 11.1 Å². The zero-order chi connectivity index (χ0) is 21.7. The van der Waals surface area contributed by atoms with Crippen molar-refractivity contribution in [2.24, 2.45) is 0 Å². The van der Waals surface area contributed by atoms with Crippen LogP contribution >= 0.6 is 11.6 Å². The summed E-state index contributed by atoms with van der Waals surface area (Å²) >= 11 is 5.98. The predicted octanol–water partition coefficient (Wildman–Crippen LogP) is 3.19. The van der Waals surface area contributed by atoms with Crippen molar-refractivity contribution < 1.29 is 27.5 Å². The van der Waals surface area contributed by atoms with Crippen LogP contribution in [0.2, 0.25) is 5.02 Å². The van der Waals surface area contributed by atoms with Crippen LogP contribution in [-0.2, 0) is 26.9 Å². The first-order chi connectivity index (χ1) is 14.2. The smallest absolute Gasteiger partial charge is 0.417 e. The van der Waals surface area contributed by atoms with E-state index in [-0.39, 0.29) is 29.8 Å². The first kappa shape index (κ1) is 21.9. The van der Waals surface area contributed by atoms with E-state index in [1.807, 2.05) is 18.2 Å². The lowest BCUT2D eigenvalue weighted by molar-refractivity contribution is -0.151. The molecule has 1 saturated heterocycles. The van der Waals surface area contributed by atoms with Gasteiger partial charge in [0, 0.05) is 32.4 Å². The molecule has 0 atom stereocenters. The highest BCUT2D eigenvalue weighted by atomic mass is 35.5. The van der Waals surface area contributed by atoms with E-state index in [9.17, 15) is 22.8 Å². The van der Waals surface area contributed by atoms with Crippen LogP contribution in [0.15, 0.2) is 42.6 Å². The number of anilines is 1. The van der Waals surface area contributed by atoms with Crippen molar-refractivity contribution in [2.45, 2.75) is 12.6 Å². The molecule has 10 heteroatoms. The molecule has 0 N–H and O–H groups in total. The zero-order valence-corrected chi connectivity index (χ0v) is 16.6. The molecular formula is C20H19ClF3N3O3. The normalized spacial score (nSPS) is 14.5. The van der Waals surface area contributed by atoms with Gasteiger partial charge in [0.2, 0.25) is 0 Å². The summed E-state index contributed by atoms with van der Waals surface area (Å²) in [4.78, 5) is 31.2. The molecule has 2 aromatic rings. The molecule has 0 spiro atoms. The van der Waals surface area contributed by atoms with Crippen molar-refractivity contribution >= 4 is 29.3 Å². The molecule has 3 rings (SSSR count). The lowest BCUT2D eigenvalue weighted by Crippen LogP contribution is -2.50. The number of benzene rings is 1. The molecule has 0 saturated carbocycles. The second kappa shape index (κ2) is 9.34. The Bertz CT molecular complexity index is 901. The van der Waals surface area contributed by atoms with Crippen LogP contribution < -0.4 is 4.90 Å². The number of alkyl halides is 3. The summed E-state index contributed by atoms with van der Waals surface area (Å²) in [6, 6.07) is 9.89. The van der Waals surface area contributed by atoms with Gasteiger partial charge in [-0.2, -0.15) is 13.2 Å². The first-order valence-corrected chi connectivity index (χ1v) is 9.57. The van der Waals surface area contributed by atoms with E-state index in [0.717, 1.165) is 17.8 Å². The monoisotopic (exact) mass is 441 g/mol. The topological polar surface area (TPSA) is 62.7 Å². The Balaban J connectivity index is 1.48. The minimum absolute atomic E-state index is 0.0833. The van der Waals surface area contributed by atoms with E-state index in [1.165, 1.54) is 4.90 Å². The number of amides is 1. The molecule has 0 bridgehead atoms. The summed E-state index contributed by atoms with van der Waals surface area (Å²) in [5.74, 6) is -0.581. The number of hydrogen-bond donors (Lipinski definition) is 0. The quantitative estimate of drug-likeness (QED) is 0.667. The maximum atomic E-state index is 12.7. The van der Waals surface area contributed by atoms with E-state index in [2.05, 4.69) is 4.98 Å². The number of esters is 1. The maximum absolute atomic E-state index is 12.7. The van der Waals surface area contributed by atoms with Crippen LogP contribution in [0.3, 0.4) is 0 Å². The lowest BCUT2D eigenvalue weighted by Gasteiger charge is -2.35. The first-order valence-electron chi connectivity index (χ1n) is 9.19. The Kier molecular flexibility index (Phi) is 6.81. The molecule has 6 nitrogen and oxygen atoms in total. The standard InChI is InChI=1S/C20H19ClF3N3O3/c21-16-11-15(20(22,23)24)12-25-19(16)27-8-6-26(7-9-27)17(28)13-30-18(29)10-14-4-2-1-3-5-14/h1-5,11-12H,6-10,13H2. The third kappa shape index (κ3) is 5.63. The van der Waals surface area contributed by atoms with Gasteiger partial charge in [0.15, 0.2) is 6.61 Å². The van der Waals surface area contributed by atoms with Crippen molar-refractivity contribution in [3.63, 3.8) is 0 Å². The van der Waals surface area contributed by atoms with Crippen molar-refractivity contribution in [1.29, 1.82) is 0 Å². The average molecular weight is 442 g/mol. The number of pyridine rings is 1. The maximum Gasteiger partial charge on any atom is 0.417 e. The molecular weight excluding hydrogens is 423 g/mol. The number of nitrogens with zero attached hydrogens (tertiary/aromatic N) is 3. The van der Waals surface area contributed by atoms with E-state index in [0.29, 0.717) is 26.2 Å². The summed E-state index contributed by atoms with van der Waals surface area (Å²) < 4.78 is 43.3. The van der Waals surface area contributed by atoms with Gasteiger partial charge < -0.3 is 14.5 Å². The van der Waals surface area contributed by atoms with Crippen LogP contribution in [0.25, 0.3) is 0 Å². The zero-order valence-electron chi connectivity index (χ0n) is 15.9. The molecule has 1 amide bonds. The predicted molar refractivity (Wildman–Crippen MR) is 104 cm³/mol. The SMILES string of the molecule is O=C(Cc1ccccc1)OCC(=O)N1CCN(c2ncc(C(F)(F)F)cc2Cl)CC1. The van der Waals surface area contributed by atoms with Gasteiger partial charge in [-0.15, -0.1) is 0 Å². The van der Waals surface area contributed by atoms with Gasteiger partial charge in [-0.3, -0.25) is 9.59 Å². The minimum atomic E-state index is -4.52. The van der Waals surface area contributed by atoms with Gasteiger partial charge >= 0.3 is 12.1 Å². The summed E-state index contributed by atoms with van der Waals surface area (Å²) in [6.07, 6.45) is -3.69. The Morgan fingerprint density at radius 2 is 1.77 bits per heavy atom.